The molecule has 0 bridgehead atoms. The second kappa shape index (κ2) is 11.5. The SMILES string of the molecule is C=C1/C=C/C(=O)/C(CO)=C\C[C@](C)(CCC=C(C)C)C=C[C@H]1OC(=O)C=C(C)C. The Morgan fingerprint density at radius 2 is 1.97 bits per heavy atom. The molecule has 0 heterocycles. The molecule has 1 aliphatic rings. The second-order valence-corrected chi connectivity index (χ2v) is 8.28. The summed E-state index contributed by atoms with van der Waals surface area (Å²) in [4.78, 5) is 24.5. The van der Waals surface area contributed by atoms with E-state index < -0.39 is 12.1 Å². The third-order valence-corrected chi connectivity index (χ3v) is 4.71. The number of hydrogen-bond acceptors (Lipinski definition) is 4. The number of carbonyl (C=O) groups excluding carboxylic acids is 2. The van der Waals surface area contributed by atoms with Gasteiger partial charge in [-0.25, -0.2) is 4.79 Å². The molecule has 4 heteroatoms. The topological polar surface area (TPSA) is 63.6 Å². The standard InChI is InChI=1S/C25H34O4/c1-18(2)8-7-13-25(6)14-11-21(17-26)22(27)10-9-20(5)23(12-15-25)29-24(28)16-19(3)4/h8-12,15-16,23,26H,5,7,13-14,17H2,1-4,6H3/b10-9+,15-12?,21-11-/t23-,25+/m1/s1. The lowest BCUT2D eigenvalue weighted by Crippen LogP contribution is -2.18. The maximum atomic E-state index is 12.4. The molecule has 0 fully saturated rings. The average Bonchev–Trinajstić information content (AvgIpc) is 2.63. The summed E-state index contributed by atoms with van der Waals surface area (Å²) in [6, 6.07) is 0. The fraction of sp³-hybridized carbons (Fsp3) is 0.440. The van der Waals surface area contributed by atoms with Crippen LogP contribution in [0.2, 0.25) is 0 Å². The average molecular weight is 399 g/mol. The summed E-state index contributed by atoms with van der Waals surface area (Å²) in [7, 11) is 0. The third-order valence-electron chi connectivity index (χ3n) is 4.71. The highest BCUT2D eigenvalue weighted by Gasteiger charge is 2.23. The fourth-order valence-electron chi connectivity index (χ4n) is 2.88. The van der Waals surface area contributed by atoms with Crippen molar-refractivity contribution < 1.29 is 19.4 Å². The van der Waals surface area contributed by atoms with Crippen molar-refractivity contribution in [3.05, 3.63) is 71.4 Å². The van der Waals surface area contributed by atoms with E-state index in [2.05, 4.69) is 33.4 Å². The zero-order valence-electron chi connectivity index (χ0n) is 18.3. The van der Waals surface area contributed by atoms with E-state index in [4.69, 9.17) is 4.74 Å². The van der Waals surface area contributed by atoms with Crippen molar-refractivity contribution in [1.82, 2.24) is 0 Å². The van der Waals surface area contributed by atoms with Crippen LogP contribution < -0.4 is 0 Å². The molecule has 2 atom stereocenters. The minimum Gasteiger partial charge on any atom is -0.450 e. The number of ketones is 1. The minimum absolute atomic E-state index is 0.265. The fourth-order valence-corrected chi connectivity index (χ4v) is 2.88. The normalized spacial score (nSPS) is 25.3. The van der Waals surface area contributed by atoms with Crippen LogP contribution >= 0.6 is 0 Å². The van der Waals surface area contributed by atoms with Gasteiger partial charge in [0.15, 0.2) is 5.78 Å². The van der Waals surface area contributed by atoms with Crippen LogP contribution in [0, 0.1) is 5.41 Å². The van der Waals surface area contributed by atoms with Gasteiger partial charge >= 0.3 is 5.97 Å². The largest absolute Gasteiger partial charge is 0.450 e. The van der Waals surface area contributed by atoms with Crippen LogP contribution in [0.3, 0.4) is 0 Å². The number of aliphatic hydroxyl groups is 1. The minimum atomic E-state index is -0.666. The van der Waals surface area contributed by atoms with Crippen molar-refractivity contribution >= 4 is 11.8 Å². The van der Waals surface area contributed by atoms with E-state index in [0.717, 1.165) is 18.4 Å². The van der Waals surface area contributed by atoms with Crippen molar-refractivity contribution in [3.8, 4) is 0 Å². The summed E-state index contributed by atoms with van der Waals surface area (Å²) in [6.07, 6.45) is 13.9. The molecule has 4 nitrogen and oxygen atoms in total. The van der Waals surface area contributed by atoms with E-state index in [1.54, 1.807) is 12.2 Å². The molecule has 158 valence electrons. The number of ether oxygens (including phenoxy) is 1. The maximum Gasteiger partial charge on any atom is 0.331 e. The van der Waals surface area contributed by atoms with Crippen LogP contribution in [0.25, 0.3) is 0 Å². The highest BCUT2D eigenvalue weighted by Crippen LogP contribution is 2.32. The molecular formula is C25H34O4. The molecule has 0 aliphatic heterocycles. The van der Waals surface area contributed by atoms with E-state index >= 15 is 0 Å². The highest BCUT2D eigenvalue weighted by atomic mass is 16.5. The van der Waals surface area contributed by atoms with Gasteiger partial charge in [0.1, 0.15) is 6.10 Å². The molecule has 0 spiro atoms. The molecule has 1 N–H and O–H groups in total. The van der Waals surface area contributed by atoms with Crippen molar-refractivity contribution in [1.29, 1.82) is 0 Å². The van der Waals surface area contributed by atoms with Gasteiger partial charge in [-0.1, -0.05) is 49.0 Å². The summed E-state index contributed by atoms with van der Waals surface area (Å²) >= 11 is 0. The van der Waals surface area contributed by atoms with Crippen molar-refractivity contribution in [2.24, 2.45) is 5.41 Å². The van der Waals surface area contributed by atoms with Gasteiger partial charge in [0.05, 0.1) is 6.61 Å². The molecule has 0 amide bonds. The van der Waals surface area contributed by atoms with E-state index in [-0.39, 0.29) is 17.8 Å². The number of rotatable bonds is 6. The Balaban J connectivity index is 3.27. The Hall–Kier alpha value is -2.46. The van der Waals surface area contributed by atoms with Gasteiger partial charge in [0, 0.05) is 11.6 Å². The molecule has 29 heavy (non-hydrogen) atoms. The molecule has 0 saturated carbocycles. The van der Waals surface area contributed by atoms with E-state index in [1.165, 1.54) is 17.7 Å². The van der Waals surface area contributed by atoms with Crippen LogP contribution in [-0.4, -0.2) is 29.6 Å². The molecule has 0 aromatic rings. The number of esters is 1. The molecule has 0 aromatic heterocycles. The van der Waals surface area contributed by atoms with Crippen molar-refractivity contribution in [2.75, 3.05) is 6.61 Å². The monoisotopic (exact) mass is 398 g/mol. The van der Waals surface area contributed by atoms with Gasteiger partial charge < -0.3 is 9.84 Å². The first-order valence-corrected chi connectivity index (χ1v) is 9.95. The smallest absolute Gasteiger partial charge is 0.331 e. The Morgan fingerprint density at radius 3 is 2.55 bits per heavy atom. The lowest BCUT2D eigenvalue weighted by atomic mass is 9.80. The first kappa shape index (κ1) is 24.6. The Morgan fingerprint density at radius 1 is 1.28 bits per heavy atom. The molecule has 0 radical (unpaired) electrons. The summed E-state index contributed by atoms with van der Waals surface area (Å²) in [5, 5.41) is 9.60. The van der Waals surface area contributed by atoms with Crippen molar-refractivity contribution in [2.45, 2.75) is 60.0 Å². The lowest BCUT2D eigenvalue weighted by Gasteiger charge is -2.25. The van der Waals surface area contributed by atoms with Gasteiger partial charge in [-0.3, -0.25) is 4.79 Å². The predicted molar refractivity (Wildman–Crippen MR) is 118 cm³/mol. The summed E-state index contributed by atoms with van der Waals surface area (Å²) in [6.45, 7) is 13.5. The Labute approximate surface area is 175 Å². The van der Waals surface area contributed by atoms with Crippen LogP contribution in [-0.2, 0) is 14.3 Å². The Kier molecular flexibility index (Phi) is 9.76. The van der Waals surface area contributed by atoms with Gasteiger partial charge in [0.25, 0.3) is 0 Å². The van der Waals surface area contributed by atoms with Gasteiger partial charge in [-0.05, 0) is 70.1 Å². The predicted octanol–water partition coefficient (Wildman–Crippen LogP) is 5.18. The molecule has 0 unspecified atom stereocenters. The second-order valence-electron chi connectivity index (χ2n) is 8.28. The zero-order chi connectivity index (χ0) is 22.0. The van der Waals surface area contributed by atoms with Gasteiger partial charge in [0.2, 0.25) is 0 Å². The summed E-state index contributed by atoms with van der Waals surface area (Å²) < 4.78 is 5.57. The van der Waals surface area contributed by atoms with E-state index in [0.29, 0.717) is 17.6 Å². The van der Waals surface area contributed by atoms with E-state index in [1.807, 2.05) is 26.0 Å². The van der Waals surface area contributed by atoms with Crippen LogP contribution in [0.1, 0.15) is 53.9 Å². The lowest BCUT2D eigenvalue weighted by molar-refractivity contribution is -0.139. The van der Waals surface area contributed by atoms with Gasteiger partial charge in [-0.15, -0.1) is 0 Å². The first-order valence-electron chi connectivity index (χ1n) is 9.95. The highest BCUT2D eigenvalue weighted by molar-refractivity contribution is 6.04. The first-order chi connectivity index (χ1) is 13.6. The number of allylic oxidation sites excluding steroid dienone is 6. The van der Waals surface area contributed by atoms with Crippen LogP contribution in [0.4, 0.5) is 0 Å². The van der Waals surface area contributed by atoms with Crippen LogP contribution in [0.5, 0.6) is 0 Å². The maximum absolute atomic E-state index is 12.4. The quantitative estimate of drug-likeness (QED) is 0.380. The van der Waals surface area contributed by atoms with E-state index in [9.17, 15) is 14.7 Å². The molecular weight excluding hydrogens is 364 g/mol. The summed E-state index contributed by atoms with van der Waals surface area (Å²) in [5.74, 6) is -0.715. The Bertz CT molecular complexity index is 769. The number of hydrogen-bond donors (Lipinski definition) is 1. The molecule has 1 rings (SSSR count). The van der Waals surface area contributed by atoms with Gasteiger partial charge in [-0.2, -0.15) is 0 Å². The summed E-state index contributed by atoms with van der Waals surface area (Å²) in [5.41, 5.74) is 2.68. The molecule has 1 aliphatic carbocycles. The third kappa shape index (κ3) is 9.05. The number of aliphatic hydroxyl groups excluding tert-OH is 1. The van der Waals surface area contributed by atoms with Crippen molar-refractivity contribution in [3.63, 3.8) is 0 Å². The zero-order valence-corrected chi connectivity index (χ0v) is 18.3. The van der Waals surface area contributed by atoms with Crippen LogP contribution in [0.15, 0.2) is 71.4 Å². The molecule has 0 saturated heterocycles. The molecule has 0 aromatic carbocycles. The number of carbonyl (C=O) groups is 2.